The molecule has 0 bridgehead atoms. The van der Waals surface area contributed by atoms with Crippen molar-refractivity contribution >= 4 is 11.4 Å². The van der Waals surface area contributed by atoms with Gasteiger partial charge in [-0.1, -0.05) is 18.2 Å². The van der Waals surface area contributed by atoms with E-state index >= 15 is 0 Å². The Hall–Kier alpha value is -1.96. The zero-order valence-electron chi connectivity index (χ0n) is 11.2. The van der Waals surface area contributed by atoms with Gasteiger partial charge in [-0.15, -0.1) is 0 Å². The van der Waals surface area contributed by atoms with E-state index in [2.05, 4.69) is 66.9 Å². The van der Waals surface area contributed by atoms with Gasteiger partial charge < -0.3 is 10.6 Å². The van der Waals surface area contributed by atoms with Crippen LogP contribution in [0.2, 0.25) is 0 Å². The van der Waals surface area contributed by atoms with Gasteiger partial charge in [0.25, 0.3) is 0 Å². The molecule has 18 heavy (non-hydrogen) atoms. The molecule has 0 saturated heterocycles. The molecule has 94 valence electrons. The van der Waals surface area contributed by atoms with Gasteiger partial charge in [-0.2, -0.15) is 0 Å². The zero-order valence-corrected chi connectivity index (χ0v) is 11.2. The molecule has 2 N–H and O–H groups in total. The normalized spacial score (nSPS) is 10.2. The van der Waals surface area contributed by atoms with E-state index in [4.69, 9.17) is 0 Å². The number of aryl methyl sites for hydroxylation is 2. The van der Waals surface area contributed by atoms with Gasteiger partial charge in [0, 0.05) is 25.0 Å². The summed E-state index contributed by atoms with van der Waals surface area (Å²) in [6, 6.07) is 15.0. The highest BCUT2D eigenvalue weighted by atomic mass is 14.9. The van der Waals surface area contributed by atoms with E-state index in [1.807, 2.05) is 7.05 Å². The maximum absolute atomic E-state index is 3.46. The van der Waals surface area contributed by atoms with Gasteiger partial charge >= 0.3 is 0 Å². The summed E-state index contributed by atoms with van der Waals surface area (Å²) in [6.07, 6.45) is 0. The fourth-order valence-electron chi connectivity index (χ4n) is 2.07. The molecule has 0 aromatic heterocycles. The molecular weight excluding hydrogens is 220 g/mol. The van der Waals surface area contributed by atoms with Crippen LogP contribution in [0.1, 0.15) is 16.7 Å². The zero-order chi connectivity index (χ0) is 13.0. The van der Waals surface area contributed by atoms with Crippen LogP contribution < -0.4 is 10.6 Å². The number of hydrogen-bond acceptors (Lipinski definition) is 2. The Morgan fingerprint density at radius 2 is 1.44 bits per heavy atom. The van der Waals surface area contributed by atoms with Gasteiger partial charge in [-0.25, -0.2) is 0 Å². The predicted octanol–water partition coefficient (Wildman–Crippen LogP) is 3.96. The summed E-state index contributed by atoms with van der Waals surface area (Å²) >= 11 is 0. The number of rotatable bonds is 4. The van der Waals surface area contributed by atoms with Crippen LogP contribution in [-0.4, -0.2) is 7.05 Å². The van der Waals surface area contributed by atoms with Crippen molar-refractivity contribution < 1.29 is 0 Å². The molecule has 0 amide bonds. The lowest BCUT2D eigenvalue weighted by atomic mass is 10.1. The van der Waals surface area contributed by atoms with Crippen LogP contribution in [-0.2, 0) is 6.54 Å². The highest BCUT2D eigenvalue weighted by Gasteiger charge is 1.97. The first-order chi connectivity index (χ1) is 8.67. The van der Waals surface area contributed by atoms with Crippen molar-refractivity contribution in [2.45, 2.75) is 20.4 Å². The van der Waals surface area contributed by atoms with Gasteiger partial charge in [0.2, 0.25) is 0 Å². The van der Waals surface area contributed by atoms with Gasteiger partial charge in [-0.3, -0.25) is 0 Å². The molecule has 2 aromatic carbocycles. The minimum atomic E-state index is 0.854. The summed E-state index contributed by atoms with van der Waals surface area (Å²) in [7, 11) is 1.93. The molecule has 0 unspecified atom stereocenters. The van der Waals surface area contributed by atoms with E-state index in [0.29, 0.717) is 0 Å². The first-order valence-electron chi connectivity index (χ1n) is 6.26. The predicted molar refractivity (Wildman–Crippen MR) is 79.2 cm³/mol. The molecule has 0 aliphatic carbocycles. The molecule has 0 aliphatic rings. The van der Waals surface area contributed by atoms with E-state index in [1.165, 1.54) is 22.4 Å². The highest BCUT2D eigenvalue weighted by Crippen LogP contribution is 2.15. The maximum Gasteiger partial charge on any atom is 0.0400 e. The minimum Gasteiger partial charge on any atom is -0.388 e. The second kappa shape index (κ2) is 5.58. The van der Waals surface area contributed by atoms with Crippen LogP contribution in [0, 0.1) is 13.8 Å². The summed E-state index contributed by atoms with van der Waals surface area (Å²) in [4.78, 5) is 0. The lowest BCUT2D eigenvalue weighted by Crippen LogP contribution is -2.00. The summed E-state index contributed by atoms with van der Waals surface area (Å²) in [5.41, 5.74) is 6.20. The van der Waals surface area contributed by atoms with E-state index in [1.54, 1.807) is 0 Å². The van der Waals surface area contributed by atoms with E-state index < -0.39 is 0 Å². The Kier molecular flexibility index (Phi) is 3.88. The van der Waals surface area contributed by atoms with Gasteiger partial charge in [-0.05, 0) is 54.8 Å². The van der Waals surface area contributed by atoms with Crippen LogP contribution in [0.4, 0.5) is 11.4 Å². The van der Waals surface area contributed by atoms with Crippen molar-refractivity contribution in [3.63, 3.8) is 0 Å². The third kappa shape index (κ3) is 3.27. The molecule has 0 atom stereocenters. The Morgan fingerprint density at radius 3 is 2.00 bits per heavy atom. The first-order valence-corrected chi connectivity index (χ1v) is 6.26. The lowest BCUT2D eigenvalue weighted by Gasteiger charge is -2.09. The van der Waals surface area contributed by atoms with E-state index in [9.17, 15) is 0 Å². The molecule has 0 heterocycles. The summed E-state index contributed by atoms with van der Waals surface area (Å²) in [6.45, 7) is 5.10. The van der Waals surface area contributed by atoms with E-state index in [-0.39, 0.29) is 0 Å². The molecule has 2 nitrogen and oxygen atoms in total. The molecule has 0 saturated carbocycles. The molecule has 0 spiro atoms. The van der Waals surface area contributed by atoms with Crippen molar-refractivity contribution in [3.05, 3.63) is 59.2 Å². The molecule has 2 heteroatoms. The van der Waals surface area contributed by atoms with Crippen LogP contribution >= 0.6 is 0 Å². The van der Waals surface area contributed by atoms with Gasteiger partial charge in [0.05, 0.1) is 0 Å². The highest BCUT2D eigenvalue weighted by molar-refractivity contribution is 5.49. The van der Waals surface area contributed by atoms with Crippen LogP contribution in [0.5, 0.6) is 0 Å². The Balaban J connectivity index is 2.01. The van der Waals surface area contributed by atoms with Crippen molar-refractivity contribution in [3.8, 4) is 0 Å². The van der Waals surface area contributed by atoms with Crippen molar-refractivity contribution in [1.82, 2.24) is 0 Å². The summed E-state index contributed by atoms with van der Waals surface area (Å²) in [5, 5.41) is 6.58. The fraction of sp³-hybridized carbons (Fsp3) is 0.250. The average molecular weight is 240 g/mol. The quantitative estimate of drug-likeness (QED) is 0.845. The number of anilines is 2. The van der Waals surface area contributed by atoms with Gasteiger partial charge in [0.1, 0.15) is 0 Å². The second-order valence-electron chi connectivity index (χ2n) is 4.68. The van der Waals surface area contributed by atoms with Gasteiger partial charge in [0.15, 0.2) is 0 Å². The Bertz CT molecular complexity index is 495. The Labute approximate surface area is 109 Å². The molecular formula is C16H20N2. The Morgan fingerprint density at radius 1 is 0.833 bits per heavy atom. The molecule has 0 aliphatic heterocycles. The van der Waals surface area contributed by atoms with Crippen LogP contribution in [0.3, 0.4) is 0 Å². The van der Waals surface area contributed by atoms with Crippen molar-refractivity contribution in [2.75, 3.05) is 17.7 Å². The van der Waals surface area contributed by atoms with E-state index in [0.717, 1.165) is 12.2 Å². The molecule has 0 fully saturated rings. The summed E-state index contributed by atoms with van der Waals surface area (Å²) in [5.74, 6) is 0. The topological polar surface area (TPSA) is 24.1 Å². The maximum atomic E-state index is 3.46. The average Bonchev–Trinajstić information content (AvgIpc) is 2.36. The van der Waals surface area contributed by atoms with Crippen molar-refractivity contribution in [1.29, 1.82) is 0 Å². The monoisotopic (exact) mass is 240 g/mol. The standard InChI is InChI=1S/C16H20N2/c1-12-8-13(2)10-16(9-12)18-11-14-4-6-15(17-3)7-5-14/h4-10,17-18H,11H2,1-3H3. The molecule has 0 radical (unpaired) electrons. The fourth-order valence-corrected chi connectivity index (χ4v) is 2.07. The second-order valence-corrected chi connectivity index (χ2v) is 4.68. The smallest absolute Gasteiger partial charge is 0.0400 e. The SMILES string of the molecule is CNc1ccc(CNc2cc(C)cc(C)c2)cc1. The molecule has 2 aromatic rings. The lowest BCUT2D eigenvalue weighted by molar-refractivity contribution is 1.14. The van der Waals surface area contributed by atoms with Crippen LogP contribution in [0.25, 0.3) is 0 Å². The summed E-state index contributed by atoms with van der Waals surface area (Å²) < 4.78 is 0. The third-order valence-electron chi connectivity index (χ3n) is 2.96. The number of benzene rings is 2. The minimum absolute atomic E-state index is 0.854. The first kappa shape index (κ1) is 12.5. The largest absolute Gasteiger partial charge is 0.388 e. The van der Waals surface area contributed by atoms with Crippen LogP contribution in [0.15, 0.2) is 42.5 Å². The third-order valence-corrected chi connectivity index (χ3v) is 2.96. The van der Waals surface area contributed by atoms with Crippen molar-refractivity contribution in [2.24, 2.45) is 0 Å². The number of nitrogens with one attached hydrogen (secondary N) is 2. The number of hydrogen-bond donors (Lipinski definition) is 2. The molecule has 2 rings (SSSR count).